The molecule has 60 heavy (non-hydrogen) atoms. The van der Waals surface area contributed by atoms with Crippen molar-refractivity contribution in [2.75, 3.05) is 32.7 Å². The second-order valence-corrected chi connectivity index (χ2v) is 15.5. The van der Waals surface area contributed by atoms with Crippen LogP contribution in [0.15, 0.2) is 34.3 Å². The van der Waals surface area contributed by atoms with Crippen LogP contribution in [-0.4, -0.2) is 137 Å². The molecule has 1 aliphatic heterocycles. The number of aromatic hydroxyl groups is 1. The lowest BCUT2D eigenvalue weighted by atomic mass is 9.97. The summed E-state index contributed by atoms with van der Waals surface area (Å²) in [6.07, 6.45) is -0.492. The van der Waals surface area contributed by atoms with Crippen molar-refractivity contribution in [3.63, 3.8) is 0 Å². The lowest BCUT2D eigenvalue weighted by Crippen LogP contribution is -2.58. The molecule has 0 aliphatic carbocycles. The van der Waals surface area contributed by atoms with E-state index in [1.54, 1.807) is 26.0 Å². The van der Waals surface area contributed by atoms with E-state index < -0.39 is 97.3 Å². The lowest BCUT2D eigenvalue weighted by molar-refractivity contribution is -0.147. The minimum absolute atomic E-state index is 0.00236. The Morgan fingerprint density at radius 2 is 1.48 bits per heavy atom. The third-order valence-electron chi connectivity index (χ3n) is 10.1. The number of likely N-dealkylation sites (tertiary alicyclic amines) is 1. The van der Waals surface area contributed by atoms with Crippen molar-refractivity contribution in [3.05, 3.63) is 29.8 Å². The van der Waals surface area contributed by atoms with Crippen molar-refractivity contribution in [2.24, 2.45) is 50.5 Å². The highest BCUT2D eigenvalue weighted by Crippen LogP contribution is 2.25. The number of halogens is 1. The second-order valence-electron chi connectivity index (χ2n) is 15.5. The average molecular weight is 849 g/mol. The summed E-state index contributed by atoms with van der Waals surface area (Å²) in [7, 11) is 0. The molecule has 2 rings (SSSR count). The fraction of sp³-hybridized carbons (Fsp3) is 0.641. The number of nitrogens with zero attached hydrogens (tertiary/aromatic N) is 4. The third-order valence-corrected chi connectivity index (χ3v) is 10.1. The Hall–Kier alpha value is -5.73. The molecular formula is C39H65FN12O8. The maximum atomic E-state index is 15.3. The first-order valence-electron chi connectivity index (χ1n) is 20.2. The zero-order valence-electron chi connectivity index (χ0n) is 35.0. The van der Waals surface area contributed by atoms with Crippen LogP contribution >= 0.6 is 0 Å². The molecule has 21 heteroatoms. The summed E-state index contributed by atoms with van der Waals surface area (Å²) in [5.41, 5.74) is 28.4. The van der Waals surface area contributed by atoms with Gasteiger partial charge in [0.25, 0.3) is 0 Å². The Balaban J connectivity index is 2.42. The maximum absolute atomic E-state index is 15.3. The fourth-order valence-corrected chi connectivity index (χ4v) is 6.61. The van der Waals surface area contributed by atoms with Crippen LogP contribution in [0.1, 0.15) is 78.2 Å². The molecule has 0 bridgehead atoms. The average Bonchev–Trinajstić information content (AvgIpc) is 3.58. The normalized spacial score (nSPS) is 17.4. The number of benzene rings is 1. The number of phenols is 1. The second kappa shape index (κ2) is 25.0. The van der Waals surface area contributed by atoms with Crippen LogP contribution in [-0.2, 0) is 35.2 Å². The van der Waals surface area contributed by atoms with Crippen LogP contribution < -0.4 is 44.6 Å². The van der Waals surface area contributed by atoms with Crippen LogP contribution in [0.25, 0.3) is 0 Å². The molecule has 0 aromatic heterocycles. The number of hydrogen-bond acceptors (Lipinski definition) is 10. The van der Waals surface area contributed by atoms with Crippen LogP contribution in [0.5, 0.6) is 5.75 Å². The first-order chi connectivity index (χ1) is 28.2. The van der Waals surface area contributed by atoms with Gasteiger partial charge >= 0.3 is 5.97 Å². The SMILES string of the molecule is CC[C@H](C)[C@H](NC(=O)CN(CCc1ccc(O)cc1)C(=O)[C@@H]1C[C@@H](F)CN1C(=O)[C@H](CCCN=C(N)N)NC(=O)[C@@H](N)CCCN=C(N)N)C(=O)N[C@@H](CC(C)C)C(=O)O. The minimum atomic E-state index is -1.63. The predicted molar refractivity (Wildman–Crippen MR) is 224 cm³/mol. The van der Waals surface area contributed by atoms with E-state index in [4.69, 9.17) is 28.7 Å². The number of carboxylic acid groups (broad SMARTS) is 1. The number of amides is 5. The molecule has 0 unspecified atom stereocenters. The molecule has 0 spiro atoms. The van der Waals surface area contributed by atoms with Gasteiger partial charge in [0.15, 0.2) is 11.9 Å². The van der Waals surface area contributed by atoms with E-state index in [2.05, 4.69) is 25.9 Å². The van der Waals surface area contributed by atoms with E-state index in [0.29, 0.717) is 18.4 Å². The maximum Gasteiger partial charge on any atom is 0.326 e. The lowest BCUT2D eigenvalue weighted by Gasteiger charge is -2.33. The summed E-state index contributed by atoms with van der Waals surface area (Å²) in [5, 5.41) is 27.3. The molecule has 20 nitrogen and oxygen atoms in total. The topological polar surface area (TPSA) is 340 Å². The van der Waals surface area contributed by atoms with Crippen molar-refractivity contribution in [3.8, 4) is 5.75 Å². The first-order valence-corrected chi connectivity index (χ1v) is 20.2. The number of carbonyl (C=O) groups excluding carboxylic acids is 5. The van der Waals surface area contributed by atoms with E-state index >= 15 is 4.39 Å². The first kappa shape index (κ1) is 50.4. The molecule has 1 heterocycles. The smallest absolute Gasteiger partial charge is 0.326 e. The highest BCUT2D eigenvalue weighted by molar-refractivity contribution is 5.96. The predicted octanol–water partition coefficient (Wildman–Crippen LogP) is -1.23. The molecule has 1 fully saturated rings. The van der Waals surface area contributed by atoms with Gasteiger partial charge in [0.1, 0.15) is 36.1 Å². The molecule has 1 aromatic carbocycles. The Kier molecular flexibility index (Phi) is 21.0. The number of rotatable bonds is 25. The van der Waals surface area contributed by atoms with Gasteiger partial charge in [-0.05, 0) is 68.1 Å². The fourth-order valence-electron chi connectivity index (χ4n) is 6.61. The number of nitrogens with one attached hydrogen (secondary N) is 3. The third kappa shape index (κ3) is 17.2. The standard InChI is InChI=1S/C39H65FN12O8/c1-5-23(4)32(34(56)49-29(37(59)60)18-22(2)3)50-31(54)21-51(17-14-24-10-12-26(53)13-11-24)36(58)30-19-25(40)20-52(30)35(57)28(9-7-16-47-39(44)45)48-33(55)27(41)8-6-15-46-38(42)43/h10-13,22-23,25,27-30,32,53H,5-9,14-21,41H2,1-4H3,(H,48,55)(H,49,56)(H,50,54)(H,59,60)(H4,42,43,46)(H4,44,45,47)/t23-,25+,27-,28-,29-,30-,32-/m0/s1. The molecule has 1 aromatic rings. The minimum Gasteiger partial charge on any atom is -0.508 e. The highest BCUT2D eigenvalue weighted by atomic mass is 19.1. The Labute approximate surface area is 350 Å². The summed E-state index contributed by atoms with van der Waals surface area (Å²) in [6, 6.07) is 0.102. The molecule has 7 atom stereocenters. The molecule has 1 saturated heterocycles. The number of alkyl halides is 1. The molecular weight excluding hydrogens is 784 g/mol. The number of carbonyl (C=O) groups is 6. The van der Waals surface area contributed by atoms with Gasteiger partial charge in [0, 0.05) is 26.1 Å². The van der Waals surface area contributed by atoms with Crippen molar-refractivity contribution in [1.82, 2.24) is 25.8 Å². The van der Waals surface area contributed by atoms with Gasteiger partial charge in [-0.1, -0.05) is 46.2 Å². The van der Waals surface area contributed by atoms with Gasteiger partial charge in [-0.3, -0.25) is 34.0 Å². The van der Waals surface area contributed by atoms with Crippen LogP contribution in [0.3, 0.4) is 0 Å². The summed E-state index contributed by atoms with van der Waals surface area (Å²) >= 11 is 0. The van der Waals surface area contributed by atoms with Crippen LogP contribution in [0.4, 0.5) is 4.39 Å². The summed E-state index contributed by atoms with van der Waals surface area (Å²) in [4.78, 5) is 91.0. The van der Waals surface area contributed by atoms with Gasteiger partial charge < -0.3 is 64.6 Å². The quantitative estimate of drug-likeness (QED) is 0.0313. The van der Waals surface area contributed by atoms with E-state index in [1.165, 1.54) is 12.1 Å². The number of nitrogens with two attached hydrogens (primary N) is 5. The zero-order chi connectivity index (χ0) is 45.1. The Morgan fingerprint density at radius 3 is 2.03 bits per heavy atom. The number of aliphatic carboxylic acids is 1. The highest BCUT2D eigenvalue weighted by Gasteiger charge is 2.44. The Bertz CT molecular complexity index is 1660. The van der Waals surface area contributed by atoms with Crippen molar-refractivity contribution < 1.29 is 43.4 Å². The molecule has 5 amide bonds. The van der Waals surface area contributed by atoms with Crippen molar-refractivity contribution >= 4 is 47.4 Å². The van der Waals surface area contributed by atoms with Gasteiger partial charge in [-0.15, -0.1) is 0 Å². The van der Waals surface area contributed by atoms with E-state index in [9.17, 15) is 39.0 Å². The number of carboxylic acids is 1. The van der Waals surface area contributed by atoms with Gasteiger partial charge in [-0.25, -0.2) is 9.18 Å². The zero-order valence-corrected chi connectivity index (χ0v) is 35.0. The van der Waals surface area contributed by atoms with Gasteiger partial charge in [0.05, 0.1) is 19.1 Å². The molecule has 1 aliphatic rings. The molecule has 0 saturated carbocycles. The van der Waals surface area contributed by atoms with Crippen molar-refractivity contribution in [2.45, 2.75) is 115 Å². The number of aliphatic imine (C=N–C) groups is 2. The summed E-state index contributed by atoms with van der Waals surface area (Å²) in [6.45, 7) is 6.29. The molecule has 15 N–H and O–H groups in total. The van der Waals surface area contributed by atoms with Crippen LogP contribution in [0.2, 0.25) is 0 Å². The van der Waals surface area contributed by atoms with E-state index in [0.717, 1.165) is 9.80 Å². The summed E-state index contributed by atoms with van der Waals surface area (Å²) in [5.74, 6) is -5.66. The number of phenolic OH excluding ortho intramolecular Hbond substituents is 1. The number of guanidine groups is 2. The summed E-state index contributed by atoms with van der Waals surface area (Å²) < 4.78 is 15.3. The largest absolute Gasteiger partial charge is 0.508 e. The van der Waals surface area contributed by atoms with Crippen molar-refractivity contribution in [1.29, 1.82) is 0 Å². The Morgan fingerprint density at radius 1 is 0.900 bits per heavy atom. The number of hydrogen-bond donors (Lipinski definition) is 10. The van der Waals surface area contributed by atoms with E-state index in [-0.39, 0.29) is 75.3 Å². The molecule has 0 radical (unpaired) electrons. The monoisotopic (exact) mass is 849 g/mol. The molecule has 336 valence electrons. The van der Waals surface area contributed by atoms with Gasteiger partial charge in [0.2, 0.25) is 29.5 Å². The van der Waals surface area contributed by atoms with Crippen LogP contribution in [0, 0.1) is 11.8 Å². The van der Waals surface area contributed by atoms with Gasteiger partial charge in [-0.2, -0.15) is 0 Å². The van der Waals surface area contributed by atoms with E-state index in [1.807, 2.05) is 13.8 Å².